The Labute approximate surface area is 206 Å². The van der Waals surface area contributed by atoms with Gasteiger partial charge in [-0.05, 0) is 59.6 Å². The first-order valence-electron chi connectivity index (χ1n) is 12.4. The average molecular weight is 500 g/mol. The molecule has 0 saturated heterocycles. The monoisotopic (exact) mass is 499 g/mol. The summed E-state index contributed by atoms with van der Waals surface area (Å²) in [6.45, 7) is 12.5. The highest BCUT2D eigenvalue weighted by Gasteiger charge is 2.54. The van der Waals surface area contributed by atoms with Gasteiger partial charge in [0.25, 0.3) is 0 Å². The number of likely N-dealkylation sites (N-methyl/N-ethyl adjacent to an activating group) is 1. The molecular weight excluding hydrogens is 454 g/mol. The van der Waals surface area contributed by atoms with Crippen molar-refractivity contribution in [2.75, 3.05) is 47.0 Å². The number of aliphatic hydroxyl groups excluding tert-OH is 2. The number of fused-ring (bicyclic) bond motifs is 3. The number of rotatable bonds is 8. The Hall–Kier alpha value is -1.03. The number of aryl methyl sites for hydroxylation is 1. The molecule has 0 heterocycles. The van der Waals surface area contributed by atoms with E-state index in [0.29, 0.717) is 11.8 Å². The third-order valence-corrected chi connectivity index (χ3v) is 8.80. The zero-order valence-electron chi connectivity index (χ0n) is 21.8. The van der Waals surface area contributed by atoms with Gasteiger partial charge in [-0.25, -0.2) is 8.42 Å². The Balaban J connectivity index is 0.000000604. The van der Waals surface area contributed by atoms with Crippen molar-refractivity contribution in [1.82, 2.24) is 0 Å². The minimum Gasteiger partial charge on any atom is -0.726 e. The molecule has 2 N–H and O–H groups in total. The Bertz CT molecular complexity index is 912. The summed E-state index contributed by atoms with van der Waals surface area (Å²) in [5.41, 5.74) is 5.14. The van der Waals surface area contributed by atoms with Crippen molar-refractivity contribution in [2.24, 2.45) is 11.3 Å². The quantitative estimate of drug-likeness (QED) is 0.323. The predicted octanol–water partition coefficient (Wildman–Crippen LogP) is 3.34. The van der Waals surface area contributed by atoms with Crippen LogP contribution in [-0.4, -0.2) is 74.7 Å². The fraction of sp³-hybridized carbons (Fsp3) is 0.769. The molecule has 3 rings (SSSR count). The van der Waals surface area contributed by atoms with Crippen LogP contribution in [0.15, 0.2) is 18.2 Å². The molecule has 34 heavy (non-hydrogen) atoms. The second-order valence-electron chi connectivity index (χ2n) is 11.3. The van der Waals surface area contributed by atoms with Crippen LogP contribution in [-0.2, 0) is 26.4 Å². The van der Waals surface area contributed by atoms with Crippen LogP contribution >= 0.6 is 0 Å². The lowest BCUT2D eigenvalue weighted by Gasteiger charge is -2.57. The first-order chi connectivity index (χ1) is 15.7. The topological polar surface area (TPSA) is 107 Å². The van der Waals surface area contributed by atoms with E-state index in [9.17, 15) is 23.2 Å². The highest BCUT2D eigenvalue weighted by Crippen LogP contribution is 2.57. The lowest BCUT2D eigenvalue weighted by Crippen LogP contribution is -2.59. The Morgan fingerprint density at radius 1 is 1.18 bits per heavy atom. The SMILES string of the molecule is CC(C)c1ccc2c(c1)CC[C@H]1[C@](C)(C[N+](C)(CCO)CCO)CCC[C@]21C.COS(=O)(=O)[O-]. The third-order valence-electron chi connectivity index (χ3n) is 8.39. The molecule has 0 aliphatic heterocycles. The summed E-state index contributed by atoms with van der Waals surface area (Å²) in [7, 11) is -1.39. The summed E-state index contributed by atoms with van der Waals surface area (Å²) >= 11 is 0. The van der Waals surface area contributed by atoms with Crippen molar-refractivity contribution < 1.29 is 31.8 Å². The van der Waals surface area contributed by atoms with Gasteiger partial charge in [-0.3, -0.25) is 4.18 Å². The summed E-state index contributed by atoms with van der Waals surface area (Å²) in [6.07, 6.45) is 6.27. The lowest BCUT2D eigenvalue weighted by molar-refractivity contribution is -0.917. The number of quaternary nitrogens is 1. The summed E-state index contributed by atoms with van der Waals surface area (Å²) in [5.74, 6) is 1.25. The summed E-state index contributed by atoms with van der Waals surface area (Å²) in [4.78, 5) is 0. The van der Waals surface area contributed by atoms with Crippen molar-refractivity contribution in [3.8, 4) is 0 Å². The number of hydrogen-bond donors (Lipinski definition) is 2. The second-order valence-corrected chi connectivity index (χ2v) is 12.5. The first kappa shape index (κ1) is 29.2. The largest absolute Gasteiger partial charge is 0.726 e. The molecule has 1 fully saturated rings. The molecule has 196 valence electrons. The highest BCUT2D eigenvalue weighted by molar-refractivity contribution is 7.80. The molecule has 0 unspecified atom stereocenters. The van der Waals surface area contributed by atoms with Crippen LogP contribution in [0, 0.1) is 11.3 Å². The Kier molecular flexibility index (Phi) is 9.75. The molecular formula is C26H45NO6S. The highest BCUT2D eigenvalue weighted by atomic mass is 32.3. The maximum absolute atomic E-state index is 9.63. The van der Waals surface area contributed by atoms with Gasteiger partial charge in [0, 0.05) is 5.41 Å². The first-order valence-corrected chi connectivity index (χ1v) is 13.8. The van der Waals surface area contributed by atoms with Gasteiger partial charge in [0.2, 0.25) is 10.4 Å². The summed E-state index contributed by atoms with van der Waals surface area (Å²) in [5, 5.41) is 19.3. The van der Waals surface area contributed by atoms with E-state index in [-0.39, 0.29) is 24.0 Å². The number of hydrogen-bond acceptors (Lipinski definition) is 6. The van der Waals surface area contributed by atoms with E-state index in [1.807, 2.05) is 0 Å². The van der Waals surface area contributed by atoms with Crippen molar-refractivity contribution in [2.45, 2.75) is 71.1 Å². The van der Waals surface area contributed by atoms with Crippen molar-refractivity contribution in [1.29, 1.82) is 0 Å². The molecule has 2 aliphatic carbocycles. The van der Waals surface area contributed by atoms with Crippen molar-refractivity contribution in [3.63, 3.8) is 0 Å². The van der Waals surface area contributed by atoms with E-state index in [0.717, 1.165) is 31.2 Å². The minimum absolute atomic E-state index is 0.190. The van der Waals surface area contributed by atoms with Crippen LogP contribution in [0.25, 0.3) is 0 Å². The average Bonchev–Trinajstić information content (AvgIpc) is 2.73. The van der Waals surface area contributed by atoms with E-state index in [1.54, 1.807) is 11.1 Å². The van der Waals surface area contributed by atoms with Crippen LogP contribution in [0.3, 0.4) is 0 Å². The summed E-state index contributed by atoms with van der Waals surface area (Å²) in [6, 6.07) is 7.28. The van der Waals surface area contributed by atoms with E-state index < -0.39 is 10.4 Å². The van der Waals surface area contributed by atoms with E-state index >= 15 is 0 Å². The molecule has 1 aromatic rings. The fourth-order valence-electron chi connectivity index (χ4n) is 6.82. The van der Waals surface area contributed by atoms with Gasteiger partial charge in [0.1, 0.15) is 13.1 Å². The standard InChI is InChI=1S/C25H42NO2.CH4O4S/c1-19(2)20-7-9-22-21(17-20)8-10-23-24(3,11-6-12-25(22,23)4)18-26(5,13-15-27)14-16-28;1-5-6(2,3)4/h7,9,17,19,23,27-28H,6,8,10-16,18H2,1-5H3;1H3,(H,2,3,4)/q+1;/p-1/t23-,24-,25+;/m0./s1. The van der Waals surface area contributed by atoms with Gasteiger partial charge in [0.05, 0.1) is 33.9 Å². The van der Waals surface area contributed by atoms with Crippen LogP contribution < -0.4 is 0 Å². The molecule has 0 spiro atoms. The van der Waals surface area contributed by atoms with Gasteiger partial charge < -0.3 is 19.2 Å². The van der Waals surface area contributed by atoms with Crippen molar-refractivity contribution >= 4 is 10.4 Å². The fourth-order valence-corrected chi connectivity index (χ4v) is 6.82. The van der Waals surface area contributed by atoms with Crippen LogP contribution in [0.1, 0.15) is 76.0 Å². The molecule has 0 radical (unpaired) electrons. The van der Waals surface area contributed by atoms with Gasteiger partial charge >= 0.3 is 0 Å². The number of aliphatic hydroxyl groups is 2. The smallest absolute Gasteiger partial charge is 0.217 e. The zero-order valence-corrected chi connectivity index (χ0v) is 22.7. The molecule has 1 aromatic carbocycles. The molecule has 7 nitrogen and oxygen atoms in total. The molecule has 3 atom stereocenters. The van der Waals surface area contributed by atoms with E-state index in [2.05, 4.69) is 57.1 Å². The molecule has 0 aromatic heterocycles. The number of benzene rings is 1. The molecule has 2 aliphatic rings. The normalized spacial score (nSPS) is 26.9. The Morgan fingerprint density at radius 2 is 1.76 bits per heavy atom. The van der Waals surface area contributed by atoms with Crippen LogP contribution in [0.5, 0.6) is 0 Å². The summed E-state index contributed by atoms with van der Waals surface area (Å²) < 4.78 is 31.8. The molecule has 1 saturated carbocycles. The predicted molar refractivity (Wildman–Crippen MR) is 133 cm³/mol. The molecule has 0 bridgehead atoms. The van der Waals surface area contributed by atoms with E-state index in [4.69, 9.17) is 0 Å². The van der Waals surface area contributed by atoms with Gasteiger partial charge in [-0.15, -0.1) is 0 Å². The third kappa shape index (κ3) is 6.80. The van der Waals surface area contributed by atoms with E-state index in [1.165, 1.54) is 37.7 Å². The maximum Gasteiger partial charge on any atom is 0.217 e. The van der Waals surface area contributed by atoms with Crippen LogP contribution in [0.2, 0.25) is 0 Å². The van der Waals surface area contributed by atoms with Gasteiger partial charge in [-0.1, -0.05) is 52.3 Å². The Morgan fingerprint density at radius 3 is 2.26 bits per heavy atom. The minimum atomic E-state index is -4.41. The lowest BCUT2D eigenvalue weighted by atomic mass is 9.49. The second kappa shape index (κ2) is 11.4. The molecule has 0 amide bonds. The van der Waals surface area contributed by atoms with Gasteiger partial charge in [0.15, 0.2) is 0 Å². The maximum atomic E-state index is 9.63. The van der Waals surface area contributed by atoms with Gasteiger partial charge in [-0.2, -0.15) is 0 Å². The zero-order chi connectivity index (χ0) is 25.8. The van der Waals surface area contributed by atoms with Crippen LogP contribution in [0.4, 0.5) is 0 Å². The molecule has 8 heteroatoms. The van der Waals surface area contributed by atoms with Crippen molar-refractivity contribution in [3.05, 3.63) is 34.9 Å². The number of nitrogens with zero attached hydrogens (tertiary/aromatic N) is 1.